The first kappa shape index (κ1) is 16.4. The fourth-order valence-electron chi connectivity index (χ4n) is 1.95. The lowest BCUT2D eigenvalue weighted by atomic mass is 9.85. The maximum absolute atomic E-state index is 12.5. The van der Waals surface area contributed by atoms with Crippen molar-refractivity contribution in [3.05, 3.63) is 35.9 Å². The number of hydrogen-bond donors (Lipinski definition) is 0. The first-order valence-corrected chi connectivity index (χ1v) is 7.16. The van der Waals surface area contributed by atoms with Crippen LogP contribution in [0, 0.1) is 17.8 Å². The molecule has 1 unspecified atom stereocenters. The van der Waals surface area contributed by atoms with Crippen molar-refractivity contribution >= 4 is 11.8 Å². The van der Waals surface area contributed by atoms with E-state index in [1.54, 1.807) is 12.1 Å². The Morgan fingerprint density at radius 1 is 1.05 bits per heavy atom. The number of Topliss-reactive ketones (excluding diaryl/α,β-unsaturated/α-hetero) is 1. The number of ether oxygens (including phenoxy) is 1. The van der Waals surface area contributed by atoms with Gasteiger partial charge < -0.3 is 4.74 Å². The van der Waals surface area contributed by atoms with Gasteiger partial charge in [0.1, 0.15) is 0 Å². The Labute approximate surface area is 121 Å². The predicted octanol–water partition coefficient (Wildman–Crippen LogP) is 3.73. The van der Waals surface area contributed by atoms with Gasteiger partial charge in [-0.05, 0) is 11.8 Å². The molecule has 0 aliphatic rings. The van der Waals surface area contributed by atoms with Gasteiger partial charge in [0.2, 0.25) is 0 Å². The van der Waals surface area contributed by atoms with Gasteiger partial charge in [-0.2, -0.15) is 0 Å². The molecule has 110 valence electrons. The van der Waals surface area contributed by atoms with Crippen LogP contribution in [0.3, 0.4) is 0 Å². The lowest BCUT2D eigenvalue weighted by Gasteiger charge is -2.19. The Morgan fingerprint density at radius 2 is 1.65 bits per heavy atom. The molecule has 1 aromatic rings. The zero-order chi connectivity index (χ0) is 15.1. The highest BCUT2D eigenvalue weighted by molar-refractivity contribution is 5.99. The van der Waals surface area contributed by atoms with Gasteiger partial charge in [-0.25, -0.2) is 0 Å². The molecule has 20 heavy (non-hydrogen) atoms. The van der Waals surface area contributed by atoms with Gasteiger partial charge in [-0.15, -0.1) is 0 Å². The number of esters is 1. The zero-order valence-corrected chi connectivity index (χ0v) is 12.8. The summed E-state index contributed by atoms with van der Waals surface area (Å²) in [5.41, 5.74) is 0.655. The maximum Gasteiger partial charge on any atom is 0.306 e. The third-order valence-corrected chi connectivity index (χ3v) is 3.16. The van der Waals surface area contributed by atoms with Gasteiger partial charge in [-0.3, -0.25) is 9.59 Å². The van der Waals surface area contributed by atoms with Crippen molar-refractivity contribution in [3.63, 3.8) is 0 Å². The number of carbonyl (C=O) groups excluding carboxylic acids is 2. The van der Waals surface area contributed by atoms with Gasteiger partial charge in [0.15, 0.2) is 5.78 Å². The molecule has 0 N–H and O–H groups in total. The Hall–Kier alpha value is -1.64. The highest BCUT2D eigenvalue weighted by atomic mass is 16.5. The van der Waals surface area contributed by atoms with Gasteiger partial charge >= 0.3 is 5.97 Å². The van der Waals surface area contributed by atoms with E-state index in [1.165, 1.54) is 0 Å². The molecule has 0 saturated carbocycles. The Balaban J connectivity index is 2.70. The molecule has 0 aromatic heterocycles. The first-order chi connectivity index (χ1) is 9.41. The molecule has 0 heterocycles. The van der Waals surface area contributed by atoms with Gasteiger partial charge in [-0.1, -0.05) is 58.0 Å². The second-order valence-electron chi connectivity index (χ2n) is 5.86. The standard InChI is InChI=1S/C17H24O3/c1-12(2)11-20-16(18)10-15(13(3)4)17(19)14-8-6-5-7-9-14/h5-9,12-13,15H,10-11H2,1-4H3. The number of benzene rings is 1. The average Bonchev–Trinajstić information content (AvgIpc) is 2.42. The van der Waals surface area contributed by atoms with Crippen LogP contribution in [0.25, 0.3) is 0 Å². The molecule has 0 amide bonds. The average molecular weight is 276 g/mol. The quantitative estimate of drug-likeness (QED) is 0.563. The van der Waals surface area contributed by atoms with Crippen LogP contribution >= 0.6 is 0 Å². The number of ketones is 1. The second-order valence-corrected chi connectivity index (χ2v) is 5.86. The van der Waals surface area contributed by atoms with E-state index in [0.717, 1.165) is 0 Å². The van der Waals surface area contributed by atoms with Gasteiger partial charge in [0.05, 0.1) is 13.0 Å². The molecule has 0 spiro atoms. The normalized spacial score (nSPS) is 12.5. The topological polar surface area (TPSA) is 43.4 Å². The Kier molecular flexibility index (Phi) is 6.43. The minimum atomic E-state index is -0.322. The van der Waals surface area contributed by atoms with E-state index in [1.807, 2.05) is 45.9 Å². The summed E-state index contributed by atoms with van der Waals surface area (Å²) < 4.78 is 5.18. The largest absolute Gasteiger partial charge is 0.465 e. The van der Waals surface area contributed by atoms with E-state index in [9.17, 15) is 9.59 Å². The molecule has 3 heteroatoms. The summed E-state index contributed by atoms with van der Waals surface area (Å²) in [6, 6.07) is 9.12. The molecule has 0 aliphatic heterocycles. The van der Waals surface area contributed by atoms with Gasteiger partial charge in [0, 0.05) is 11.5 Å². The highest BCUT2D eigenvalue weighted by Crippen LogP contribution is 2.21. The molecule has 0 fully saturated rings. The summed E-state index contributed by atoms with van der Waals surface area (Å²) in [6.07, 6.45) is 0.151. The molecule has 0 bridgehead atoms. The van der Waals surface area contributed by atoms with E-state index < -0.39 is 0 Å². The molecule has 0 aliphatic carbocycles. The lowest BCUT2D eigenvalue weighted by Crippen LogP contribution is -2.25. The maximum atomic E-state index is 12.5. The van der Waals surface area contributed by atoms with Crippen LogP contribution in [0.1, 0.15) is 44.5 Å². The van der Waals surface area contributed by atoms with E-state index in [2.05, 4.69) is 0 Å². The summed E-state index contributed by atoms with van der Waals surface area (Å²) in [6.45, 7) is 8.30. The van der Waals surface area contributed by atoms with Crippen LogP contribution in [-0.2, 0) is 9.53 Å². The predicted molar refractivity (Wildman–Crippen MR) is 79.5 cm³/mol. The van der Waals surface area contributed by atoms with E-state index in [4.69, 9.17) is 4.74 Å². The van der Waals surface area contributed by atoms with Crippen LogP contribution in [0.2, 0.25) is 0 Å². The minimum Gasteiger partial charge on any atom is -0.465 e. The highest BCUT2D eigenvalue weighted by Gasteiger charge is 2.26. The van der Waals surface area contributed by atoms with Gasteiger partial charge in [0.25, 0.3) is 0 Å². The molecular formula is C17H24O3. The Bertz CT molecular complexity index is 435. The van der Waals surface area contributed by atoms with Crippen molar-refractivity contribution in [2.45, 2.75) is 34.1 Å². The van der Waals surface area contributed by atoms with Crippen molar-refractivity contribution < 1.29 is 14.3 Å². The monoisotopic (exact) mass is 276 g/mol. The van der Waals surface area contributed by atoms with Crippen molar-refractivity contribution in [3.8, 4) is 0 Å². The lowest BCUT2D eigenvalue weighted by molar-refractivity contribution is -0.145. The summed E-state index contributed by atoms with van der Waals surface area (Å²) in [5, 5.41) is 0. The van der Waals surface area contributed by atoms with Crippen molar-refractivity contribution in [1.82, 2.24) is 0 Å². The summed E-state index contributed by atoms with van der Waals surface area (Å²) in [7, 11) is 0. The summed E-state index contributed by atoms with van der Waals surface area (Å²) in [5.74, 6) is -0.184. The van der Waals surface area contributed by atoms with Crippen molar-refractivity contribution in [2.24, 2.45) is 17.8 Å². The third-order valence-electron chi connectivity index (χ3n) is 3.16. The molecule has 1 rings (SSSR count). The summed E-state index contributed by atoms with van der Waals surface area (Å²) >= 11 is 0. The van der Waals surface area contributed by atoms with E-state index >= 15 is 0 Å². The second kappa shape index (κ2) is 7.83. The van der Waals surface area contributed by atoms with Crippen molar-refractivity contribution in [1.29, 1.82) is 0 Å². The fourth-order valence-corrected chi connectivity index (χ4v) is 1.95. The number of carbonyl (C=O) groups is 2. The van der Waals surface area contributed by atoms with Crippen LogP contribution in [0.5, 0.6) is 0 Å². The Morgan fingerprint density at radius 3 is 2.15 bits per heavy atom. The molecule has 0 saturated heterocycles. The molecular weight excluding hydrogens is 252 g/mol. The molecule has 1 aromatic carbocycles. The zero-order valence-electron chi connectivity index (χ0n) is 12.8. The van der Waals surface area contributed by atoms with Crippen LogP contribution < -0.4 is 0 Å². The van der Waals surface area contributed by atoms with E-state index in [-0.39, 0.29) is 30.0 Å². The van der Waals surface area contributed by atoms with Crippen LogP contribution in [0.15, 0.2) is 30.3 Å². The summed E-state index contributed by atoms with van der Waals surface area (Å²) in [4.78, 5) is 24.3. The van der Waals surface area contributed by atoms with Crippen LogP contribution in [0.4, 0.5) is 0 Å². The van der Waals surface area contributed by atoms with E-state index in [0.29, 0.717) is 18.1 Å². The fraction of sp³-hybridized carbons (Fsp3) is 0.529. The van der Waals surface area contributed by atoms with Crippen molar-refractivity contribution in [2.75, 3.05) is 6.61 Å². The number of rotatable bonds is 7. The third kappa shape index (κ3) is 5.16. The first-order valence-electron chi connectivity index (χ1n) is 7.16. The SMILES string of the molecule is CC(C)COC(=O)CC(C(=O)c1ccccc1)C(C)C. The molecule has 1 atom stereocenters. The molecule has 3 nitrogen and oxygen atoms in total. The van der Waals surface area contributed by atoms with Crippen LogP contribution in [-0.4, -0.2) is 18.4 Å². The smallest absolute Gasteiger partial charge is 0.306 e. The molecule has 0 radical (unpaired) electrons. The number of hydrogen-bond acceptors (Lipinski definition) is 3. The minimum absolute atomic E-state index is 0.0158.